The summed E-state index contributed by atoms with van der Waals surface area (Å²) in [5.41, 5.74) is 5.22. The Balaban J connectivity index is 1.82. The zero-order valence-corrected chi connectivity index (χ0v) is 13.1. The van der Waals surface area contributed by atoms with Gasteiger partial charge in [0.1, 0.15) is 0 Å². The summed E-state index contributed by atoms with van der Waals surface area (Å²) in [7, 11) is 0. The van der Waals surface area contributed by atoms with Gasteiger partial charge in [0, 0.05) is 24.4 Å². The Bertz CT molecular complexity index is 519. The van der Waals surface area contributed by atoms with E-state index in [1.165, 1.54) is 61.1 Å². The van der Waals surface area contributed by atoms with Crippen LogP contribution in [0.25, 0.3) is 0 Å². The standard InChI is InChI=1S/C19H26N2/c1-15-9-11-16(12-10-15)19(14-18-8-5-13-20-18)21-17-6-3-2-4-7-17/h9-12,17H,2-8,13-14H2,1H3. The second-order valence-corrected chi connectivity index (χ2v) is 6.46. The van der Waals surface area contributed by atoms with Gasteiger partial charge < -0.3 is 0 Å². The summed E-state index contributed by atoms with van der Waals surface area (Å²) in [4.78, 5) is 9.78. The van der Waals surface area contributed by atoms with Crippen molar-refractivity contribution in [2.45, 2.75) is 64.3 Å². The first kappa shape index (κ1) is 14.5. The largest absolute Gasteiger partial charge is 0.294 e. The fourth-order valence-electron chi connectivity index (χ4n) is 3.34. The van der Waals surface area contributed by atoms with E-state index in [0.29, 0.717) is 6.04 Å². The van der Waals surface area contributed by atoms with Gasteiger partial charge >= 0.3 is 0 Å². The van der Waals surface area contributed by atoms with Crippen LogP contribution in [0.2, 0.25) is 0 Å². The minimum atomic E-state index is 0.539. The Labute approximate surface area is 128 Å². The highest BCUT2D eigenvalue weighted by molar-refractivity contribution is 6.12. The van der Waals surface area contributed by atoms with Crippen molar-refractivity contribution >= 4 is 11.4 Å². The molecule has 0 aromatic heterocycles. The second-order valence-electron chi connectivity index (χ2n) is 6.46. The number of aliphatic imine (C=N–C) groups is 2. The molecular formula is C19H26N2. The van der Waals surface area contributed by atoms with Crippen LogP contribution in [0.5, 0.6) is 0 Å². The summed E-state index contributed by atoms with van der Waals surface area (Å²) >= 11 is 0. The van der Waals surface area contributed by atoms with Crippen molar-refractivity contribution in [3.63, 3.8) is 0 Å². The first-order chi connectivity index (χ1) is 10.3. The molecule has 1 aliphatic carbocycles. The molecule has 0 bridgehead atoms. The third kappa shape index (κ3) is 4.03. The molecule has 1 saturated carbocycles. The zero-order valence-electron chi connectivity index (χ0n) is 13.1. The summed E-state index contributed by atoms with van der Waals surface area (Å²) in [5, 5.41) is 0. The fourth-order valence-corrected chi connectivity index (χ4v) is 3.34. The van der Waals surface area contributed by atoms with Gasteiger partial charge in [-0.15, -0.1) is 0 Å². The Morgan fingerprint density at radius 1 is 1.10 bits per heavy atom. The number of hydrogen-bond donors (Lipinski definition) is 0. The molecule has 0 saturated heterocycles. The molecule has 0 spiro atoms. The van der Waals surface area contributed by atoms with Crippen LogP contribution in [0.1, 0.15) is 62.5 Å². The third-order valence-electron chi connectivity index (χ3n) is 4.63. The van der Waals surface area contributed by atoms with E-state index < -0.39 is 0 Å². The lowest BCUT2D eigenvalue weighted by molar-refractivity contribution is 0.443. The molecule has 0 amide bonds. The van der Waals surface area contributed by atoms with E-state index in [4.69, 9.17) is 4.99 Å². The average molecular weight is 282 g/mol. The number of aryl methyl sites for hydroxylation is 1. The Kier molecular flexibility index (Phi) is 4.84. The predicted molar refractivity (Wildman–Crippen MR) is 90.7 cm³/mol. The van der Waals surface area contributed by atoms with Crippen molar-refractivity contribution in [1.29, 1.82) is 0 Å². The molecule has 0 radical (unpaired) electrons. The molecule has 0 N–H and O–H groups in total. The molecule has 1 fully saturated rings. The van der Waals surface area contributed by atoms with Crippen molar-refractivity contribution in [2.75, 3.05) is 6.54 Å². The third-order valence-corrected chi connectivity index (χ3v) is 4.63. The van der Waals surface area contributed by atoms with Crippen molar-refractivity contribution in [2.24, 2.45) is 9.98 Å². The molecule has 21 heavy (non-hydrogen) atoms. The molecule has 1 heterocycles. The Morgan fingerprint density at radius 3 is 2.52 bits per heavy atom. The highest BCUT2D eigenvalue weighted by atomic mass is 14.8. The first-order valence-corrected chi connectivity index (χ1v) is 8.47. The van der Waals surface area contributed by atoms with E-state index in [1.807, 2.05) is 0 Å². The Hall–Kier alpha value is -1.44. The van der Waals surface area contributed by atoms with E-state index >= 15 is 0 Å². The van der Waals surface area contributed by atoms with Crippen molar-refractivity contribution in [1.82, 2.24) is 0 Å². The molecule has 0 unspecified atom stereocenters. The molecule has 2 nitrogen and oxygen atoms in total. The fraction of sp³-hybridized carbons (Fsp3) is 0.579. The van der Waals surface area contributed by atoms with Gasteiger partial charge in [0.15, 0.2) is 0 Å². The molecule has 1 aromatic rings. The summed E-state index contributed by atoms with van der Waals surface area (Å²) in [5.74, 6) is 0. The first-order valence-electron chi connectivity index (χ1n) is 8.47. The molecule has 1 aliphatic heterocycles. The van der Waals surface area contributed by atoms with Crippen molar-refractivity contribution in [3.8, 4) is 0 Å². The normalized spacial score (nSPS) is 20.6. The van der Waals surface area contributed by atoms with E-state index in [0.717, 1.165) is 19.4 Å². The van der Waals surface area contributed by atoms with Crippen LogP contribution in [0.4, 0.5) is 0 Å². The predicted octanol–water partition coefficient (Wildman–Crippen LogP) is 4.74. The Morgan fingerprint density at radius 2 is 1.86 bits per heavy atom. The van der Waals surface area contributed by atoms with Crippen LogP contribution < -0.4 is 0 Å². The van der Waals surface area contributed by atoms with Crippen LogP contribution >= 0.6 is 0 Å². The van der Waals surface area contributed by atoms with Crippen LogP contribution in [0.3, 0.4) is 0 Å². The SMILES string of the molecule is Cc1ccc(C(CC2=NCCC2)=NC2CCCCC2)cc1. The van der Waals surface area contributed by atoms with E-state index in [-0.39, 0.29) is 0 Å². The quantitative estimate of drug-likeness (QED) is 0.712. The molecule has 112 valence electrons. The number of hydrogen-bond acceptors (Lipinski definition) is 2. The maximum atomic E-state index is 5.13. The number of benzene rings is 1. The van der Waals surface area contributed by atoms with Crippen LogP contribution in [-0.4, -0.2) is 24.0 Å². The van der Waals surface area contributed by atoms with Gasteiger partial charge in [0.05, 0.1) is 6.04 Å². The van der Waals surface area contributed by atoms with Crippen molar-refractivity contribution in [3.05, 3.63) is 35.4 Å². The van der Waals surface area contributed by atoms with E-state index in [1.54, 1.807) is 0 Å². The minimum Gasteiger partial charge on any atom is -0.294 e. The summed E-state index contributed by atoms with van der Waals surface area (Å²) in [6.07, 6.45) is 9.95. The van der Waals surface area contributed by atoms with Gasteiger partial charge in [0.2, 0.25) is 0 Å². The van der Waals surface area contributed by atoms with Gasteiger partial charge in [-0.05, 0) is 38.2 Å². The molecular weight excluding hydrogens is 256 g/mol. The van der Waals surface area contributed by atoms with Crippen LogP contribution in [-0.2, 0) is 0 Å². The minimum absolute atomic E-state index is 0.539. The molecule has 3 rings (SSSR count). The van der Waals surface area contributed by atoms with Crippen molar-refractivity contribution < 1.29 is 0 Å². The smallest absolute Gasteiger partial charge is 0.0503 e. The molecule has 2 heteroatoms. The summed E-state index contributed by atoms with van der Waals surface area (Å²) < 4.78 is 0. The molecule has 2 aliphatic rings. The average Bonchev–Trinajstić information content (AvgIpc) is 3.01. The van der Waals surface area contributed by atoms with Crippen LogP contribution in [0, 0.1) is 6.92 Å². The lowest BCUT2D eigenvalue weighted by Gasteiger charge is -2.20. The highest BCUT2D eigenvalue weighted by Gasteiger charge is 2.16. The second kappa shape index (κ2) is 7.02. The molecule has 1 aromatic carbocycles. The monoisotopic (exact) mass is 282 g/mol. The van der Waals surface area contributed by atoms with Gasteiger partial charge in [-0.1, -0.05) is 49.1 Å². The molecule has 0 atom stereocenters. The van der Waals surface area contributed by atoms with Gasteiger partial charge in [-0.2, -0.15) is 0 Å². The van der Waals surface area contributed by atoms with E-state index in [2.05, 4.69) is 36.2 Å². The zero-order chi connectivity index (χ0) is 14.5. The van der Waals surface area contributed by atoms with Gasteiger partial charge in [-0.3, -0.25) is 9.98 Å². The van der Waals surface area contributed by atoms with Crippen LogP contribution in [0.15, 0.2) is 34.3 Å². The van der Waals surface area contributed by atoms with Gasteiger partial charge in [0.25, 0.3) is 0 Å². The van der Waals surface area contributed by atoms with E-state index in [9.17, 15) is 0 Å². The maximum Gasteiger partial charge on any atom is 0.0503 e. The summed E-state index contributed by atoms with van der Waals surface area (Å²) in [6, 6.07) is 9.39. The van der Waals surface area contributed by atoms with Gasteiger partial charge in [-0.25, -0.2) is 0 Å². The highest BCUT2D eigenvalue weighted by Crippen LogP contribution is 2.22. The number of rotatable bonds is 4. The summed E-state index contributed by atoms with van der Waals surface area (Å²) in [6.45, 7) is 3.16. The maximum absolute atomic E-state index is 5.13. The lowest BCUT2D eigenvalue weighted by Crippen LogP contribution is -2.16. The number of nitrogens with zero attached hydrogens (tertiary/aromatic N) is 2. The topological polar surface area (TPSA) is 24.7 Å². The lowest BCUT2D eigenvalue weighted by atomic mass is 9.95.